The SMILES string of the molecule is CC1(C)CCC2(C(=O)O)CCC3(C)C(=CC(O)C4C5(C)CCC(OC6OC(CO)C(O)C(O)C6O)C(CO)(CO)C5C(O)CC43C)C2C1. The highest BCUT2D eigenvalue weighted by Crippen LogP contribution is 2.76. The Hall–Kier alpha value is -1.19. The van der Waals surface area contributed by atoms with E-state index in [4.69, 9.17) is 9.47 Å². The van der Waals surface area contributed by atoms with E-state index >= 15 is 0 Å². The van der Waals surface area contributed by atoms with Gasteiger partial charge in [0.2, 0.25) is 0 Å². The molecule has 274 valence electrons. The molecule has 4 saturated carbocycles. The normalized spacial score (nSPS) is 52.6. The molecule has 0 spiro atoms. The second-order valence-electron chi connectivity index (χ2n) is 17.9. The van der Waals surface area contributed by atoms with Gasteiger partial charge in [0.25, 0.3) is 0 Å². The molecule has 1 heterocycles. The van der Waals surface area contributed by atoms with Gasteiger partial charge < -0.3 is 55.4 Å². The molecule has 0 bridgehead atoms. The highest BCUT2D eigenvalue weighted by Gasteiger charge is 2.74. The van der Waals surface area contributed by atoms with E-state index in [-0.39, 0.29) is 24.2 Å². The van der Waals surface area contributed by atoms with Crippen molar-refractivity contribution in [2.45, 2.75) is 135 Å². The van der Waals surface area contributed by atoms with Gasteiger partial charge in [0.15, 0.2) is 6.29 Å². The largest absolute Gasteiger partial charge is 0.481 e. The Kier molecular flexibility index (Phi) is 9.10. The first kappa shape index (κ1) is 36.6. The van der Waals surface area contributed by atoms with Crippen molar-refractivity contribution in [2.75, 3.05) is 19.8 Å². The second-order valence-corrected chi connectivity index (χ2v) is 17.9. The predicted octanol–water partition coefficient (Wildman–Crippen LogP) is 0.944. The van der Waals surface area contributed by atoms with Gasteiger partial charge in [0.05, 0.1) is 43.5 Å². The number of rotatable bonds is 6. The van der Waals surface area contributed by atoms with Crippen LogP contribution in [-0.2, 0) is 14.3 Å². The Morgan fingerprint density at radius 2 is 1.50 bits per heavy atom. The van der Waals surface area contributed by atoms with Gasteiger partial charge in [-0.3, -0.25) is 4.79 Å². The summed E-state index contributed by atoms with van der Waals surface area (Å²) in [4.78, 5) is 13.0. The van der Waals surface area contributed by atoms with Crippen molar-refractivity contribution in [1.29, 1.82) is 0 Å². The summed E-state index contributed by atoms with van der Waals surface area (Å²) in [6.07, 6.45) is -4.54. The highest BCUT2D eigenvalue weighted by atomic mass is 16.7. The molecule has 12 heteroatoms. The maximum absolute atomic E-state index is 13.0. The lowest BCUT2D eigenvalue weighted by Gasteiger charge is -2.73. The molecule has 0 aromatic carbocycles. The Balaban J connectivity index is 1.39. The molecule has 12 nitrogen and oxygen atoms in total. The van der Waals surface area contributed by atoms with Gasteiger partial charge in [0, 0.05) is 17.3 Å². The van der Waals surface area contributed by atoms with Crippen molar-refractivity contribution in [2.24, 2.45) is 50.2 Å². The average molecular weight is 683 g/mol. The lowest BCUT2D eigenvalue weighted by atomic mass is 9.32. The van der Waals surface area contributed by atoms with Gasteiger partial charge in [-0.15, -0.1) is 0 Å². The van der Waals surface area contributed by atoms with Gasteiger partial charge in [-0.05, 0) is 78.9 Å². The number of hydrogen-bond acceptors (Lipinski definition) is 11. The molecule has 6 aliphatic rings. The van der Waals surface area contributed by atoms with Crippen molar-refractivity contribution < 1.29 is 60.2 Å². The zero-order chi connectivity index (χ0) is 35.4. The number of carboxylic acids is 1. The minimum Gasteiger partial charge on any atom is -0.481 e. The molecule has 5 aliphatic carbocycles. The summed E-state index contributed by atoms with van der Waals surface area (Å²) in [6.45, 7) is 8.86. The minimum absolute atomic E-state index is 0.0598. The third kappa shape index (κ3) is 4.80. The first-order chi connectivity index (χ1) is 22.3. The smallest absolute Gasteiger partial charge is 0.310 e. The fourth-order valence-electron chi connectivity index (χ4n) is 12.5. The number of hydrogen-bond donors (Lipinski definition) is 9. The molecule has 6 rings (SSSR count). The predicted molar refractivity (Wildman–Crippen MR) is 171 cm³/mol. The molecule has 15 atom stereocenters. The van der Waals surface area contributed by atoms with E-state index in [0.29, 0.717) is 32.1 Å². The van der Waals surface area contributed by atoms with Crippen LogP contribution in [0.25, 0.3) is 0 Å². The number of carboxylic acid groups (broad SMARTS) is 1. The Bertz CT molecular complexity index is 1280. The van der Waals surface area contributed by atoms with Gasteiger partial charge in [-0.1, -0.05) is 46.3 Å². The molecular weight excluding hydrogens is 624 g/mol. The average Bonchev–Trinajstić information content (AvgIpc) is 3.02. The van der Waals surface area contributed by atoms with Crippen LogP contribution in [0.4, 0.5) is 0 Å². The van der Waals surface area contributed by atoms with Crippen LogP contribution < -0.4 is 0 Å². The molecular formula is C36H58O12. The molecule has 1 aliphatic heterocycles. The van der Waals surface area contributed by atoms with Crippen molar-refractivity contribution in [3.8, 4) is 0 Å². The highest BCUT2D eigenvalue weighted by molar-refractivity contribution is 5.76. The number of aliphatic carboxylic acids is 1. The van der Waals surface area contributed by atoms with Crippen LogP contribution in [0.15, 0.2) is 11.6 Å². The lowest BCUT2D eigenvalue weighted by Crippen LogP contribution is -2.73. The maximum Gasteiger partial charge on any atom is 0.310 e. The molecule has 0 aromatic heterocycles. The Labute approximate surface area is 282 Å². The van der Waals surface area contributed by atoms with Gasteiger partial charge in [0.1, 0.15) is 24.4 Å². The summed E-state index contributed by atoms with van der Waals surface area (Å²) >= 11 is 0. The number of fused-ring (bicyclic) bond motifs is 7. The molecule has 1 saturated heterocycles. The standard InChI is InChI=1S/C36H58O12/c1-31(2)8-10-35(30(45)46)11-9-33(4)18(19(35)13-31)12-20(40)27-32(3)7-6-23(48-29-26(44)25(43)24(42)22(15-37)47-29)36(16-38,17-39)28(32)21(41)14-34(27,33)5/h12,19-29,37-44H,6-11,13-17H2,1-5H3,(H,45,46). The summed E-state index contributed by atoms with van der Waals surface area (Å²) in [5.74, 6) is -2.20. The number of carbonyl (C=O) groups is 1. The van der Waals surface area contributed by atoms with Crippen LogP contribution >= 0.6 is 0 Å². The van der Waals surface area contributed by atoms with Crippen LogP contribution in [0, 0.1) is 50.2 Å². The van der Waals surface area contributed by atoms with E-state index in [1.807, 2.05) is 13.0 Å². The molecule has 48 heavy (non-hydrogen) atoms. The first-order valence-electron chi connectivity index (χ1n) is 17.8. The number of aliphatic hydroxyl groups is 8. The summed E-state index contributed by atoms with van der Waals surface area (Å²) in [6, 6.07) is 0. The Morgan fingerprint density at radius 3 is 2.10 bits per heavy atom. The molecule has 0 amide bonds. The molecule has 0 radical (unpaired) electrons. The van der Waals surface area contributed by atoms with E-state index in [9.17, 15) is 50.8 Å². The van der Waals surface area contributed by atoms with Crippen molar-refractivity contribution >= 4 is 5.97 Å². The van der Waals surface area contributed by atoms with E-state index in [1.165, 1.54) is 0 Å². The molecule has 0 aromatic rings. The van der Waals surface area contributed by atoms with Crippen LogP contribution in [0.5, 0.6) is 0 Å². The molecule has 5 fully saturated rings. The fourth-order valence-corrected chi connectivity index (χ4v) is 12.5. The van der Waals surface area contributed by atoms with Crippen LogP contribution in [-0.4, -0.2) is 121 Å². The maximum atomic E-state index is 13.0. The summed E-state index contributed by atoms with van der Waals surface area (Å²) < 4.78 is 11.9. The van der Waals surface area contributed by atoms with E-state index < -0.39 is 114 Å². The lowest BCUT2D eigenvalue weighted by molar-refractivity contribution is -0.344. The first-order valence-corrected chi connectivity index (χ1v) is 17.8. The number of ether oxygens (including phenoxy) is 2. The van der Waals surface area contributed by atoms with Crippen LogP contribution in [0.1, 0.15) is 86.0 Å². The second kappa shape index (κ2) is 11.9. The van der Waals surface area contributed by atoms with Crippen LogP contribution in [0.2, 0.25) is 0 Å². The molecule has 15 unspecified atom stereocenters. The quantitative estimate of drug-likeness (QED) is 0.141. The van der Waals surface area contributed by atoms with E-state index in [0.717, 1.165) is 12.0 Å². The van der Waals surface area contributed by atoms with Crippen molar-refractivity contribution in [3.63, 3.8) is 0 Å². The van der Waals surface area contributed by atoms with Gasteiger partial charge in [-0.25, -0.2) is 0 Å². The van der Waals surface area contributed by atoms with Crippen molar-refractivity contribution in [1.82, 2.24) is 0 Å². The number of allylic oxidation sites excluding steroid dienone is 1. The zero-order valence-corrected chi connectivity index (χ0v) is 29.0. The Morgan fingerprint density at radius 1 is 0.854 bits per heavy atom. The molecule has 9 N–H and O–H groups in total. The van der Waals surface area contributed by atoms with E-state index in [2.05, 4.69) is 27.7 Å². The third-order valence-electron chi connectivity index (χ3n) is 15.2. The zero-order valence-electron chi connectivity index (χ0n) is 29.0. The monoisotopic (exact) mass is 682 g/mol. The van der Waals surface area contributed by atoms with Crippen molar-refractivity contribution in [3.05, 3.63) is 11.6 Å². The topological polar surface area (TPSA) is 218 Å². The van der Waals surface area contributed by atoms with E-state index in [1.54, 1.807) is 0 Å². The van der Waals surface area contributed by atoms with Crippen LogP contribution in [0.3, 0.4) is 0 Å². The number of aliphatic hydroxyl groups excluding tert-OH is 8. The fraction of sp³-hybridized carbons (Fsp3) is 0.917. The summed E-state index contributed by atoms with van der Waals surface area (Å²) in [7, 11) is 0. The summed E-state index contributed by atoms with van der Waals surface area (Å²) in [5, 5.41) is 98.4. The minimum atomic E-state index is -1.68. The summed E-state index contributed by atoms with van der Waals surface area (Å²) in [5.41, 5.74) is -3.41. The van der Waals surface area contributed by atoms with Gasteiger partial charge in [-0.2, -0.15) is 0 Å². The van der Waals surface area contributed by atoms with Gasteiger partial charge >= 0.3 is 5.97 Å². The third-order valence-corrected chi connectivity index (χ3v) is 15.2.